The number of para-hydroxylation sites is 1. The number of benzene rings is 2. The maximum Gasteiger partial charge on any atom is 0.219 e. The Bertz CT molecular complexity index is 835. The highest BCUT2D eigenvalue weighted by atomic mass is 35.5. The second-order valence-electron chi connectivity index (χ2n) is 5.18. The van der Waals surface area contributed by atoms with E-state index in [0.717, 1.165) is 11.3 Å². The van der Waals surface area contributed by atoms with Crippen LogP contribution in [0.25, 0.3) is 0 Å². The molecule has 0 aliphatic rings. The molecule has 0 unspecified atom stereocenters. The Morgan fingerprint density at radius 1 is 1.00 bits per heavy atom. The molecule has 0 saturated heterocycles. The Labute approximate surface area is 150 Å². The Morgan fingerprint density at radius 3 is 2.44 bits per heavy atom. The zero-order valence-corrected chi connectivity index (χ0v) is 14.1. The van der Waals surface area contributed by atoms with Crippen LogP contribution in [0, 0.1) is 0 Å². The van der Waals surface area contributed by atoms with Crippen LogP contribution in [0.3, 0.4) is 0 Å². The maximum absolute atomic E-state index is 5.91. The van der Waals surface area contributed by atoms with Crippen LogP contribution in [0.1, 0.15) is 11.1 Å². The van der Waals surface area contributed by atoms with Gasteiger partial charge in [0, 0.05) is 22.8 Å². The molecule has 5 nitrogen and oxygen atoms in total. The molecule has 0 aliphatic carbocycles. The van der Waals surface area contributed by atoms with E-state index < -0.39 is 0 Å². The first kappa shape index (κ1) is 16.8. The molecule has 2 N–H and O–H groups in total. The lowest BCUT2D eigenvalue weighted by Crippen LogP contribution is -2.14. The van der Waals surface area contributed by atoms with Gasteiger partial charge in [0.2, 0.25) is 5.88 Å². The van der Waals surface area contributed by atoms with Crippen molar-refractivity contribution in [3.63, 3.8) is 0 Å². The predicted octanol–water partition coefficient (Wildman–Crippen LogP) is 4.36. The molecule has 0 radical (unpaired) electrons. The third-order valence-electron chi connectivity index (χ3n) is 3.31. The molecule has 0 spiro atoms. The number of hydrogen-bond donors (Lipinski definition) is 1. The number of nitrogens with zero attached hydrogens (tertiary/aromatic N) is 2. The van der Waals surface area contributed by atoms with Crippen LogP contribution >= 0.6 is 11.6 Å². The van der Waals surface area contributed by atoms with Crippen LogP contribution in [0.5, 0.6) is 11.6 Å². The fraction of sp³-hybridized carbons (Fsp3) is 0.0526. The maximum atomic E-state index is 5.91. The molecule has 0 bridgehead atoms. The van der Waals surface area contributed by atoms with Crippen molar-refractivity contribution in [3.05, 3.63) is 89.1 Å². The monoisotopic (exact) mass is 353 g/mol. The number of nitrogens with two attached hydrogens (primary N) is 1. The Balaban J connectivity index is 1.58. The smallest absolute Gasteiger partial charge is 0.219 e. The van der Waals surface area contributed by atoms with E-state index in [1.165, 1.54) is 0 Å². The summed E-state index contributed by atoms with van der Waals surface area (Å²) in [7, 11) is 0. The topological polar surface area (TPSA) is 69.7 Å². The van der Waals surface area contributed by atoms with Gasteiger partial charge < -0.3 is 15.3 Å². The molecular formula is C19H16ClN3O2. The Hall–Kier alpha value is -3.05. The van der Waals surface area contributed by atoms with Gasteiger partial charge in [0.05, 0.1) is 0 Å². The zero-order chi connectivity index (χ0) is 17.5. The minimum Gasteiger partial charge on any atom is -0.439 e. The third-order valence-corrected chi connectivity index (χ3v) is 3.56. The zero-order valence-electron chi connectivity index (χ0n) is 13.3. The van der Waals surface area contributed by atoms with E-state index in [1.807, 2.05) is 42.5 Å². The van der Waals surface area contributed by atoms with Gasteiger partial charge in [-0.3, -0.25) is 0 Å². The third kappa shape index (κ3) is 4.96. The van der Waals surface area contributed by atoms with E-state index in [0.29, 0.717) is 23.1 Å². The molecule has 1 aromatic heterocycles. The fourth-order valence-electron chi connectivity index (χ4n) is 2.01. The predicted molar refractivity (Wildman–Crippen MR) is 97.7 cm³/mol. The number of amidine groups is 1. The number of hydrogen-bond acceptors (Lipinski definition) is 4. The number of pyridine rings is 1. The Morgan fingerprint density at radius 2 is 1.76 bits per heavy atom. The molecule has 3 aromatic rings. The van der Waals surface area contributed by atoms with Crippen molar-refractivity contribution in [3.8, 4) is 11.6 Å². The van der Waals surface area contributed by atoms with Crippen molar-refractivity contribution < 1.29 is 9.57 Å². The first-order valence-corrected chi connectivity index (χ1v) is 7.98. The lowest BCUT2D eigenvalue weighted by atomic mass is 10.2. The molecule has 3 rings (SSSR count). The standard InChI is InChI=1S/C19H16ClN3O2/c20-16-9-6-14(7-10-16)13-24-23-19(21)15-8-11-18(22-12-15)25-17-4-2-1-3-5-17/h1-12H,13H2,(H2,21,23). The van der Waals surface area contributed by atoms with Crippen molar-refractivity contribution in [2.75, 3.05) is 0 Å². The van der Waals surface area contributed by atoms with Gasteiger partial charge in [0.1, 0.15) is 12.4 Å². The second-order valence-corrected chi connectivity index (χ2v) is 5.61. The molecule has 6 heteroatoms. The van der Waals surface area contributed by atoms with Crippen LogP contribution in [0.2, 0.25) is 5.02 Å². The number of ether oxygens (including phenoxy) is 1. The number of halogens is 1. The van der Waals surface area contributed by atoms with Crippen molar-refractivity contribution >= 4 is 17.4 Å². The molecular weight excluding hydrogens is 338 g/mol. The van der Waals surface area contributed by atoms with E-state index in [2.05, 4.69) is 10.1 Å². The minimum absolute atomic E-state index is 0.243. The van der Waals surface area contributed by atoms with Gasteiger partial charge in [-0.25, -0.2) is 4.98 Å². The summed E-state index contributed by atoms with van der Waals surface area (Å²) in [6.07, 6.45) is 1.59. The summed E-state index contributed by atoms with van der Waals surface area (Å²) in [4.78, 5) is 9.48. The number of aromatic nitrogens is 1. The van der Waals surface area contributed by atoms with Crippen molar-refractivity contribution in [1.82, 2.24) is 4.98 Å². The SMILES string of the molecule is N/C(=N\OCc1ccc(Cl)cc1)c1ccc(Oc2ccccc2)nc1. The molecule has 25 heavy (non-hydrogen) atoms. The average molecular weight is 354 g/mol. The normalized spacial score (nSPS) is 11.2. The van der Waals surface area contributed by atoms with Gasteiger partial charge in [0.15, 0.2) is 5.84 Å². The highest BCUT2D eigenvalue weighted by Crippen LogP contribution is 2.18. The fourth-order valence-corrected chi connectivity index (χ4v) is 2.14. The van der Waals surface area contributed by atoms with Gasteiger partial charge >= 0.3 is 0 Å². The number of rotatable bonds is 6. The van der Waals surface area contributed by atoms with Crippen molar-refractivity contribution in [2.24, 2.45) is 10.9 Å². The molecule has 0 atom stereocenters. The van der Waals surface area contributed by atoms with Gasteiger partial charge in [-0.05, 0) is 35.9 Å². The Kier molecular flexibility index (Phi) is 5.49. The van der Waals surface area contributed by atoms with Gasteiger partial charge in [0.25, 0.3) is 0 Å². The molecule has 0 saturated carbocycles. The van der Waals surface area contributed by atoms with E-state index in [4.69, 9.17) is 26.9 Å². The molecule has 1 heterocycles. The molecule has 0 amide bonds. The highest BCUT2D eigenvalue weighted by molar-refractivity contribution is 6.30. The van der Waals surface area contributed by atoms with Crippen LogP contribution in [-0.4, -0.2) is 10.8 Å². The van der Waals surface area contributed by atoms with E-state index in [1.54, 1.807) is 30.5 Å². The van der Waals surface area contributed by atoms with E-state index in [9.17, 15) is 0 Å². The van der Waals surface area contributed by atoms with Crippen LogP contribution < -0.4 is 10.5 Å². The summed E-state index contributed by atoms with van der Waals surface area (Å²) in [5, 5.41) is 4.58. The first-order valence-electron chi connectivity index (χ1n) is 7.60. The highest BCUT2D eigenvalue weighted by Gasteiger charge is 2.03. The summed E-state index contributed by atoms with van der Waals surface area (Å²) in [5.74, 6) is 1.44. The molecule has 126 valence electrons. The van der Waals surface area contributed by atoms with Gasteiger partial charge in [-0.2, -0.15) is 0 Å². The van der Waals surface area contributed by atoms with Gasteiger partial charge in [-0.1, -0.05) is 47.1 Å². The summed E-state index contributed by atoms with van der Waals surface area (Å²) >= 11 is 5.83. The quantitative estimate of drug-likeness (QED) is 0.406. The summed E-state index contributed by atoms with van der Waals surface area (Å²) in [5.41, 5.74) is 7.51. The number of oxime groups is 1. The summed E-state index contributed by atoms with van der Waals surface area (Å²) in [6.45, 7) is 0.306. The molecule has 0 fully saturated rings. The lowest BCUT2D eigenvalue weighted by Gasteiger charge is -2.06. The first-order chi connectivity index (χ1) is 12.2. The molecule has 0 aliphatic heterocycles. The van der Waals surface area contributed by atoms with Crippen LogP contribution in [0.4, 0.5) is 0 Å². The van der Waals surface area contributed by atoms with Crippen molar-refractivity contribution in [2.45, 2.75) is 6.61 Å². The van der Waals surface area contributed by atoms with Gasteiger partial charge in [-0.15, -0.1) is 0 Å². The average Bonchev–Trinajstić information content (AvgIpc) is 2.65. The minimum atomic E-state index is 0.243. The van der Waals surface area contributed by atoms with E-state index >= 15 is 0 Å². The van der Waals surface area contributed by atoms with Crippen LogP contribution in [-0.2, 0) is 11.4 Å². The summed E-state index contributed by atoms with van der Waals surface area (Å²) in [6, 6.07) is 20.2. The molecule has 2 aromatic carbocycles. The summed E-state index contributed by atoms with van der Waals surface area (Å²) < 4.78 is 5.63. The lowest BCUT2D eigenvalue weighted by molar-refractivity contribution is 0.130. The van der Waals surface area contributed by atoms with Crippen LogP contribution in [0.15, 0.2) is 78.1 Å². The second kappa shape index (κ2) is 8.17. The largest absolute Gasteiger partial charge is 0.439 e. The van der Waals surface area contributed by atoms with Crippen molar-refractivity contribution in [1.29, 1.82) is 0 Å². The van der Waals surface area contributed by atoms with E-state index in [-0.39, 0.29) is 5.84 Å².